The summed E-state index contributed by atoms with van der Waals surface area (Å²) in [6.07, 6.45) is -0.150. The van der Waals surface area contributed by atoms with Gasteiger partial charge in [0.1, 0.15) is 0 Å². The molecule has 2 aromatic carbocycles. The van der Waals surface area contributed by atoms with Gasteiger partial charge in [-0.3, -0.25) is 9.52 Å². The van der Waals surface area contributed by atoms with Crippen LogP contribution in [0.2, 0.25) is 0 Å². The van der Waals surface area contributed by atoms with Gasteiger partial charge in [0.25, 0.3) is 10.0 Å². The maximum absolute atomic E-state index is 12.9. The van der Waals surface area contributed by atoms with E-state index in [0.29, 0.717) is 9.87 Å². The zero-order chi connectivity index (χ0) is 21.4. The summed E-state index contributed by atoms with van der Waals surface area (Å²) in [5.74, 6) is -1.48. The predicted molar refractivity (Wildman–Crippen MR) is 106 cm³/mol. The average molecular weight is 438 g/mol. The van der Waals surface area contributed by atoms with Crippen molar-refractivity contribution in [1.29, 1.82) is 0 Å². The van der Waals surface area contributed by atoms with Gasteiger partial charge in [0.2, 0.25) is 15.9 Å². The molecule has 11 heteroatoms. The lowest BCUT2D eigenvalue weighted by Crippen LogP contribution is -2.29. The maximum Gasteiger partial charge on any atom is 0.337 e. The fraction of sp³-hybridized carbons (Fsp3) is 0.222. The van der Waals surface area contributed by atoms with Crippen molar-refractivity contribution in [3.63, 3.8) is 0 Å². The van der Waals surface area contributed by atoms with Gasteiger partial charge in [0.15, 0.2) is 0 Å². The lowest BCUT2D eigenvalue weighted by atomic mass is 10.2. The van der Waals surface area contributed by atoms with E-state index in [4.69, 9.17) is 0 Å². The molecule has 0 bridgehead atoms. The van der Waals surface area contributed by atoms with Crippen LogP contribution in [-0.2, 0) is 29.6 Å². The van der Waals surface area contributed by atoms with Crippen molar-refractivity contribution in [3.8, 4) is 0 Å². The molecule has 3 rings (SSSR count). The highest BCUT2D eigenvalue weighted by atomic mass is 32.2. The first-order chi connectivity index (χ1) is 13.5. The summed E-state index contributed by atoms with van der Waals surface area (Å²) in [6, 6.07) is 9.59. The molecule has 1 heterocycles. The lowest BCUT2D eigenvalue weighted by Gasteiger charge is -2.17. The van der Waals surface area contributed by atoms with Gasteiger partial charge in [-0.05, 0) is 48.9 Å². The zero-order valence-electron chi connectivity index (χ0n) is 15.6. The van der Waals surface area contributed by atoms with Crippen molar-refractivity contribution < 1.29 is 31.2 Å². The van der Waals surface area contributed by atoms with Gasteiger partial charge < -0.3 is 4.74 Å². The van der Waals surface area contributed by atoms with Crippen LogP contribution in [0.1, 0.15) is 22.3 Å². The van der Waals surface area contributed by atoms with E-state index in [1.807, 2.05) is 0 Å². The summed E-state index contributed by atoms with van der Waals surface area (Å²) in [5, 5.41) is 0. The predicted octanol–water partition coefficient (Wildman–Crippen LogP) is 1.65. The smallest absolute Gasteiger partial charge is 0.337 e. The minimum atomic E-state index is -4.09. The van der Waals surface area contributed by atoms with E-state index in [9.17, 15) is 26.4 Å². The molecular weight excluding hydrogens is 420 g/mol. The number of anilines is 2. The molecule has 0 atom stereocenters. The molecule has 1 aliphatic heterocycles. The number of hydrogen-bond donors (Lipinski definition) is 1. The van der Waals surface area contributed by atoms with Crippen LogP contribution in [-0.4, -0.2) is 41.6 Å². The van der Waals surface area contributed by atoms with Crippen molar-refractivity contribution in [2.75, 3.05) is 21.9 Å². The van der Waals surface area contributed by atoms with Crippen molar-refractivity contribution in [3.05, 3.63) is 53.6 Å². The van der Waals surface area contributed by atoms with Crippen LogP contribution in [0.3, 0.4) is 0 Å². The number of rotatable bonds is 5. The summed E-state index contributed by atoms with van der Waals surface area (Å²) >= 11 is 0. The van der Waals surface area contributed by atoms with Crippen molar-refractivity contribution >= 4 is 43.3 Å². The number of esters is 1. The average Bonchev–Trinajstić information content (AvgIpc) is 2.94. The van der Waals surface area contributed by atoms with E-state index < -0.39 is 31.9 Å². The van der Waals surface area contributed by atoms with Crippen molar-refractivity contribution in [2.45, 2.75) is 18.2 Å². The molecule has 0 radical (unpaired) electrons. The number of benzene rings is 2. The molecule has 2 aromatic rings. The van der Waals surface area contributed by atoms with Crippen LogP contribution in [0.5, 0.6) is 0 Å². The third-order valence-corrected chi connectivity index (χ3v) is 7.55. The molecule has 154 valence electrons. The van der Waals surface area contributed by atoms with Gasteiger partial charge in [0, 0.05) is 12.1 Å². The Morgan fingerprint density at radius 3 is 2.34 bits per heavy atom. The van der Waals surface area contributed by atoms with Crippen molar-refractivity contribution in [2.24, 2.45) is 0 Å². The van der Waals surface area contributed by atoms with E-state index in [-0.39, 0.29) is 34.0 Å². The third-order valence-electron chi connectivity index (χ3n) is 4.33. The number of sulfonamides is 2. The molecule has 0 aliphatic carbocycles. The summed E-state index contributed by atoms with van der Waals surface area (Å²) < 4.78 is 57.6. The minimum absolute atomic E-state index is 0.0282. The number of carbonyl (C=O) groups is 2. The highest BCUT2D eigenvalue weighted by molar-refractivity contribution is 7.94. The van der Waals surface area contributed by atoms with Crippen LogP contribution in [0.25, 0.3) is 0 Å². The van der Waals surface area contributed by atoms with E-state index in [1.54, 1.807) is 6.92 Å². The van der Waals surface area contributed by atoms with E-state index in [2.05, 4.69) is 9.46 Å². The molecule has 9 nitrogen and oxygen atoms in total. The second-order valence-corrected chi connectivity index (χ2v) is 9.94. The fourth-order valence-electron chi connectivity index (χ4n) is 2.88. The van der Waals surface area contributed by atoms with Gasteiger partial charge in [-0.1, -0.05) is 6.07 Å². The molecule has 1 saturated heterocycles. The first-order valence-electron chi connectivity index (χ1n) is 8.43. The highest BCUT2D eigenvalue weighted by Crippen LogP contribution is 2.30. The maximum atomic E-state index is 12.9. The number of nitrogens with one attached hydrogen (secondary N) is 1. The first kappa shape index (κ1) is 20.8. The quantitative estimate of drug-likeness (QED) is 0.703. The second kappa shape index (κ2) is 7.48. The van der Waals surface area contributed by atoms with Crippen LogP contribution >= 0.6 is 0 Å². The summed E-state index contributed by atoms with van der Waals surface area (Å²) in [7, 11) is -6.67. The topological polar surface area (TPSA) is 127 Å². The summed E-state index contributed by atoms with van der Waals surface area (Å²) in [5.41, 5.74) is 0.801. The third kappa shape index (κ3) is 4.10. The Labute approximate surface area is 168 Å². The number of ether oxygens (including phenoxy) is 1. The first-order valence-corrected chi connectivity index (χ1v) is 11.5. The SMILES string of the molecule is COC(=O)c1ccc(NS(=O)(=O)c2cc(N3C(=O)CCS3(=O)=O)ccc2C)cc1. The Kier molecular flexibility index (Phi) is 5.37. The lowest BCUT2D eigenvalue weighted by molar-refractivity contribution is -0.116. The van der Waals surface area contributed by atoms with Gasteiger partial charge in [-0.25, -0.2) is 25.9 Å². The Bertz CT molecular complexity index is 1190. The standard InChI is InChI=1S/C18H18N2O7S2/c1-12-3-8-15(20-17(21)9-10-28(20,23)24)11-16(12)29(25,26)19-14-6-4-13(5-7-14)18(22)27-2/h3-8,11,19H,9-10H2,1-2H3. The number of hydrogen-bond acceptors (Lipinski definition) is 7. The Hall–Kier alpha value is -2.92. The number of amides is 1. The van der Waals surface area contributed by atoms with Crippen molar-refractivity contribution in [1.82, 2.24) is 0 Å². The van der Waals surface area contributed by atoms with Gasteiger partial charge in [-0.2, -0.15) is 0 Å². The molecule has 29 heavy (non-hydrogen) atoms. The molecular formula is C18H18N2O7S2. The molecule has 1 aliphatic rings. The minimum Gasteiger partial charge on any atom is -0.465 e. The Morgan fingerprint density at radius 2 is 1.79 bits per heavy atom. The van der Waals surface area contributed by atoms with Crippen LogP contribution in [0.15, 0.2) is 47.4 Å². The fourth-order valence-corrected chi connectivity index (χ4v) is 5.65. The molecule has 0 unspecified atom stereocenters. The van der Waals surface area contributed by atoms with E-state index in [1.165, 1.54) is 43.5 Å². The number of aryl methyl sites for hydroxylation is 1. The number of nitrogens with zero attached hydrogens (tertiary/aromatic N) is 1. The summed E-state index contributed by atoms with van der Waals surface area (Å²) in [4.78, 5) is 23.3. The van der Waals surface area contributed by atoms with Gasteiger partial charge in [-0.15, -0.1) is 0 Å². The van der Waals surface area contributed by atoms with Crippen LogP contribution < -0.4 is 9.03 Å². The van der Waals surface area contributed by atoms with E-state index >= 15 is 0 Å². The molecule has 0 saturated carbocycles. The molecule has 1 N–H and O–H groups in total. The highest BCUT2D eigenvalue weighted by Gasteiger charge is 2.37. The second-order valence-electron chi connectivity index (χ2n) is 6.35. The Morgan fingerprint density at radius 1 is 1.14 bits per heavy atom. The number of methoxy groups -OCH3 is 1. The molecule has 1 amide bonds. The number of carbonyl (C=O) groups excluding carboxylic acids is 2. The summed E-state index contributed by atoms with van der Waals surface area (Å²) in [6.45, 7) is 1.55. The normalized spacial score (nSPS) is 15.9. The van der Waals surface area contributed by atoms with Crippen LogP contribution in [0.4, 0.5) is 11.4 Å². The van der Waals surface area contributed by atoms with Crippen LogP contribution in [0, 0.1) is 6.92 Å². The molecule has 0 spiro atoms. The largest absolute Gasteiger partial charge is 0.465 e. The monoisotopic (exact) mass is 438 g/mol. The Balaban J connectivity index is 1.95. The zero-order valence-corrected chi connectivity index (χ0v) is 17.2. The van der Waals surface area contributed by atoms with Gasteiger partial charge in [0.05, 0.1) is 29.0 Å². The molecule has 0 aromatic heterocycles. The van der Waals surface area contributed by atoms with Gasteiger partial charge >= 0.3 is 5.97 Å². The molecule has 1 fully saturated rings. The van der Waals surface area contributed by atoms with E-state index in [0.717, 1.165) is 6.07 Å².